The van der Waals surface area contributed by atoms with E-state index in [9.17, 15) is 14.4 Å². The number of amides is 1. The molecular formula is C29H26ClN5O4S. The summed E-state index contributed by atoms with van der Waals surface area (Å²) < 4.78 is 8.47. The van der Waals surface area contributed by atoms with Gasteiger partial charge in [-0.2, -0.15) is 0 Å². The van der Waals surface area contributed by atoms with Crippen LogP contribution in [-0.4, -0.2) is 43.6 Å². The number of fused-ring (bicyclic) bond motifs is 1. The Morgan fingerprint density at radius 3 is 2.58 bits per heavy atom. The minimum absolute atomic E-state index is 0.0405. The molecule has 0 aliphatic carbocycles. The van der Waals surface area contributed by atoms with Crippen molar-refractivity contribution >= 4 is 51.5 Å². The fourth-order valence-electron chi connectivity index (χ4n) is 4.44. The molecule has 2 aromatic carbocycles. The maximum Gasteiger partial charge on any atom is 0.325 e. The van der Waals surface area contributed by atoms with E-state index in [0.717, 1.165) is 22.2 Å². The third kappa shape index (κ3) is 5.41. The normalized spacial score (nSPS) is 11.1. The highest BCUT2D eigenvalue weighted by Crippen LogP contribution is 2.31. The predicted molar refractivity (Wildman–Crippen MR) is 153 cm³/mol. The van der Waals surface area contributed by atoms with E-state index in [1.54, 1.807) is 46.4 Å². The number of ketones is 1. The molecular weight excluding hydrogens is 550 g/mol. The first-order valence-electron chi connectivity index (χ1n) is 12.7. The Morgan fingerprint density at radius 2 is 1.80 bits per heavy atom. The summed E-state index contributed by atoms with van der Waals surface area (Å²) in [5.41, 5.74) is 1.96. The molecule has 0 aliphatic rings. The molecule has 0 aliphatic heterocycles. The molecule has 3 heterocycles. The van der Waals surface area contributed by atoms with Crippen molar-refractivity contribution in [3.05, 3.63) is 99.5 Å². The topological polar surface area (TPSA) is 108 Å². The van der Waals surface area contributed by atoms with Crippen LogP contribution in [0.25, 0.3) is 15.9 Å². The largest absolute Gasteiger partial charge is 0.465 e. The van der Waals surface area contributed by atoms with Gasteiger partial charge in [0.2, 0.25) is 0 Å². The Hall–Kier alpha value is -4.28. The van der Waals surface area contributed by atoms with E-state index in [0.29, 0.717) is 32.7 Å². The number of thiophene rings is 1. The van der Waals surface area contributed by atoms with Crippen LogP contribution in [0.3, 0.4) is 0 Å². The Bertz CT molecular complexity index is 1720. The second-order valence-corrected chi connectivity index (χ2v) is 10.4. The van der Waals surface area contributed by atoms with Gasteiger partial charge in [0.15, 0.2) is 11.6 Å². The molecule has 40 heavy (non-hydrogen) atoms. The fourth-order valence-corrected chi connectivity index (χ4v) is 5.74. The molecule has 0 saturated carbocycles. The number of hydrogen-bond donors (Lipinski definition) is 1. The van der Waals surface area contributed by atoms with Crippen LogP contribution in [0, 0.1) is 0 Å². The second kappa shape index (κ2) is 11.8. The lowest BCUT2D eigenvalue weighted by Crippen LogP contribution is -2.28. The van der Waals surface area contributed by atoms with Gasteiger partial charge in [-0.15, -0.1) is 21.5 Å². The Kier molecular flexibility index (Phi) is 8.09. The first-order valence-corrected chi connectivity index (χ1v) is 13.9. The Labute approximate surface area is 239 Å². The number of esters is 1. The van der Waals surface area contributed by atoms with Crippen molar-refractivity contribution in [1.29, 1.82) is 0 Å². The zero-order chi connectivity index (χ0) is 28.2. The number of para-hydroxylation sites is 1. The Morgan fingerprint density at radius 1 is 1.02 bits per heavy atom. The lowest BCUT2D eigenvalue weighted by Gasteiger charge is -2.11. The van der Waals surface area contributed by atoms with E-state index in [2.05, 4.69) is 15.5 Å². The van der Waals surface area contributed by atoms with Crippen LogP contribution in [0.15, 0.2) is 67.0 Å². The van der Waals surface area contributed by atoms with Gasteiger partial charge < -0.3 is 14.6 Å². The summed E-state index contributed by atoms with van der Waals surface area (Å²) in [5, 5.41) is 13.0. The van der Waals surface area contributed by atoms with E-state index in [1.165, 1.54) is 17.7 Å². The number of nitrogens with one attached hydrogen (secondary N) is 1. The summed E-state index contributed by atoms with van der Waals surface area (Å²) in [4.78, 5) is 40.1. The fraction of sp³-hybridized carbons (Fsp3) is 0.207. The number of ether oxygens (including phenoxy) is 1. The standard InChI is InChI=1S/C29H26ClN5O4S/c1-3-19-14-21(27(37)20-10-6-7-11-22(20)30)29(40-19)35-17-32-33-25(35)15-31-28(38)24-13-18-9-5-8-12-23(18)34(24)16-26(36)39-4-2/h5-14,17H,3-4,15-16H2,1-2H3,(H,31,38). The molecule has 1 amide bonds. The van der Waals surface area contributed by atoms with Crippen LogP contribution in [0.1, 0.15) is 51.0 Å². The van der Waals surface area contributed by atoms with Gasteiger partial charge in [-0.1, -0.05) is 48.9 Å². The van der Waals surface area contributed by atoms with E-state index in [1.807, 2.05) is 37.3 Å². The van der Waals surface area contributed by atoms with Crippen molar-refractivity contribution in [1.82, 2.24) is 24.6 Å². The van der Waals surface area contributed by atoms with Gasteiger partial charge >= 0.3 is 5.97 Å². The number of aromatic nitrogens is 4. The average molecular weight is 576 g/mol. The first-order chi connectivity index (χ1) is 19.4. The second-order valence-electron chi connectivity index (χ2n) is 8.87. The summed E-state index contributed by atoms with van der Waals surface area (Å²) >= 11 is 7.78. The average Bonchev–Trinajstić information content (AvgIpc) is 3.69. The quantitative estimate of drug-likeness (QED) is 0.181. The van der Waals surface area contributed by atoms with E-state index >= 15 is 0 Å². The monoisotopic (exact) mass is 575 g/mol. The maximum atomic E-state index is 13.5. The van der Waals surface area contributed by atoms with Crippen molar-refractivity contribution < 1.29 is 19.1 Å². The lowest BCUT2D eigenvalue weighted by molar-refractivity contribution is -0.143. The number of hydrogen-bond acceptors (Lipinski definition) is 7. The van der Waals surface area contributed by atoms with Crippen molar-refractivity contribution in [2.75, 3.05) is 6.61 Å². The molecule has 204 valence electrons. The van der Waals surface area contributed by atoms with Gasteiger partial charge in [-0.25, -0.2) is 0 Å². The minimum atomic E-state index is -0.433. The molecule has 0 unspecified atom stereocenters. The third-order valence-corrected chi connectivity index (χ3v) is 7.96. The SMILES string of the molecule is CCOC(=O)Cn1c(C(=O)NCc2nncn2-c2sc(CC)cc2C(=O)c2ccccc2Cl)cc2ccccc21. The molecule has 1 N–H and O–H groups in total. The van der Waals surface area contributed by atoms with Crippen LogP contribution in [0.4, 0.5) is 0 Å². The van der Waals surface area contributed by atoms with Gasteiger partial charge in [0.25, 0.3) is 5.91 Å². The zero-order valence-electron chi connectivity index (χ0n) is 21.9. The van der Waals surface area contributed by atoms with Crippen LogP contribution in [-0.2, 0) is 29.0 Å². The lowest BCUT2D eigenvalue weighted by atomic mass is 10.0. The highest BCUT2D eigenvalue weighted by molar-refractivity contribution is 7.15. The van der Waals surface area contributed by atoms with Gasteiger partial charge in [-0.3, -0.25) is 19.0 Å². The molecule has 0 atom stereocenters. The maximum absolute atomic E-state index is 13.5. The molecule has 5 aromatic rings. The molecule has 0 saturated heterocycles. The minimum Gasteiger partial charge on any atom is -0.465 e. The van der Waals surface area contributed by atoms with Crippen molar-refractivity contribution in [3.63, 3.8) is 0 Å². The highest BCUT2D eigenvalue weighted by atomic mass is 35.5. The number of carbonyl (C=O) groups is 3. The molecule has 0 radical (unpaired) electrons. The molecule has 9 nitrogen and oxygen atoms in total. The van der Waals surface area contributed by atoms with Crippen LogP contribution in [0.2, 0.25) is 5.02 Å². The van der Waals surface area contributed by atoms with Crippen LogP contribution >= 0.6 is 22.9 Å². The predicted octanol–water partition coefficient (Wildman–Crippen LogP) is 5.22. The number of benzene rings is 2. The van der Waals surface area contributed by atoms with Crippen molar-refractivity contribution in [2.24, 2.45) is 0 Å². The number of rotatable bonds is 10. The molecule has 0 bridgehead atoms. The summed E-state index contributed by atoms with van der Waals surface area (Å²) in [5.74, 6) is -0.580. The number of halogens is 1. The molecule has 3 aromatic heterocycles. The van der Waals surface area contributed by atoms with Crippen LogP contribution in [0.5, 0.6) is 0 Å². The molecule has 5 rings (SSSR count). The summed E-state index contributed by atoms with van der Waals surface area (Å²) in [7, 11) is 0. The number of carbonyl (C=O) groups excluding carboxylic acids is 3. The van der Waals surface area contributed by atoms with Gasteiger partial charge in [0, 0.05) is 21.3 Å². The van der Waals surface area contributed by atoms with E-state index in [-0.39, 0.29) is 31.4 Å². The first kappa shape index (κ1) is 27.3. The summed E-state index contributed by atoms with van der Waals surface area (Å²) in [6, 6.07) is 18.0. The zero-order valence-corrected chi connectivity index (χ0v) is 23.5. The summed E-state index contributed by atoms with van der Waals surface area (Å²) in [6.07, 6.45) is 2.26. The van der Waals surface area contributed by atoms with E-state index < -0.39 is 5.97 Å². The highest BCUT2D eigenvalue weighted by Gasteiger charge is 2.23. The van der Waals surface area contributed by atoms with Gasteiger partial charge in [0.05, 0.1) is 23.7 Å². The molecule has 0 spiro atoms. The number of aryl methyl sites for hydroxylation is 1. The van der Waals surface area contributed by atoms with Crippen LogP contribution < -0.4 is 5.32 Å². The van der Waals surface area contributed by atoms with Gasteiger partial charge in [0.1, 0.15) is 23.6 Å². The number of nitrogens with zero attached hydrogens (tertiary/aromatic N) is 4. The molecule has 11 heteroatoms. The van der Waals surface area contributed by atoms with Crippen molar-refractivity contribution in [3.8, 4) is 5.00 Å². The summed E-state index contributed by atoms with van der Waals surface area (Å²) in [6.45, 7) is 3.95. The Balaban J connectivity index is 1.43. The van der Waals surface area contributed by atoms with E-state index in [4.69, 9.17) is 16.3 Å². The third-order valence-electron chi connectivity index (χ3n) is 6.36. The van der Waals surface area contributed by atoms with Crippen molar-refractivity contribution in [2.45, 2.75) is 33.4 Å². The smallest absolute Gasteiger partial charge is 0.325 e. The molecule has 0 fully saturated rings. The van der Waals surface area contributed by atoms with Gasteiger partial charge in [-0.05, 0) is 43.7 Å².